The third-order valence-electron chi connectivity index (χ3n) is 4.51. The molecule has 1 unspecified atom stereocenters. The van der Waals surface area contributed by atoms with E-state index in [9.17, 15) is 0 Å². The van der Waals surface area contributed by atoms with Gasteiger partial charge in [0.05, 0.1) is 5.75 Å². The molecule has 1 saturated heterocycles. The Morgan fingerprint density at radius 1 is 1.29 bits per heavy atom. The predicted octanol–water partition coefficient (Wildman–Crippen LogP) is 3.26. The zero-order valence-corrected chi connectivity index (χ0v) is 15.0. The number of methoxy groups -OCH3 is 1. The van der Waals surface area contributed by atoms with Crippen molar-refractivity contribution < 1.29 is 9.15 Å². The van der Waals surface area contributed by atoms with Gasteiger partial charge in [0.25, 0.3) is 0 Å². The molecule has 0 radical (unpaired) electrons. The van der Waals surface area contributed by atoms with Gasteiger partial charge in [0.2, 0.25) is 5.89 Å². The van der Waals surface area contributed by atoms with E-state index in [2.05, 4.69) is 27.0 Å². The van der Waals surface area contributed by atoms with E-state index in [0.29, 0.717) is 29.5 Å². The van der Waals surface area contributed by atoms with Crippen molar-refractivity contribution in [3.63, 3.8) is 0 Å². The maximum Gasteiger partial charge on any atom is 0.318 e. The van der Waals surface area contributed by atoms with Gasteiger partial charge in [0.15, 0.2) is 0 Å². The summed E-state index contributed by atoms with van der Waals surface area (Å²) in [6, 6.07) is 4.61. The number of thioether (sulfide) groups is 1. The molecule has 3 rings (SSSR count). The number of nitrogens with zero attached hydrogens (tertiary/aromatic N) is 4. The van der Waals surface area contributed by atoms with Crippen LogP contribution in [0.3, 0.4) is 0 Å². The minimum absolute atomic E-state index is 0.604. The van der Waals surface area contributed by atoms with Crippen molar-refractivity contribution in [2.45, 2.75) is 30.4 Å². The Morgan fingerprint density at radius 3 is 2.75 bits per heavy atom. The number of hydrogen-bond donors (Lipinski definition) is 0. The highest BCUT2D eigenvalue weighted by atomic mass is 32.2. The number of ether oxygens (including phenoxy) is 1. The molecule has 6 nitrogen and oxygen atoms in total. The molecular weight excluding hydrogens is 324 g/mol. The number of piperidine rings is 1. The molecule has 0 N–H and O–H groups in total. The molecule has 3 heterocycles. The van der Waals surface area contributed by atoms with Crippen molar-refractivity contribution in [2.24, 2.45) is 11.8 Å². The fourth-order valence-electron chi connectivity index (χ4n) is 3.07. The minimum atomic E-state index is 0.604. The first-order valence-corrected chi connectivity index (χ1v) is 9.34. The Bertz CT molecular complexity index is 614. The minimum Gasteiger partial charge on any atom is -0.407 e. The molecule has 1 aliphatic rings. The smallest absolute Gasteiger partial charge is 0.318 e. The number of aromatic nitrogens is 3. The third-order valence-corrected chi connectivity index (χ3v) is 5.51. The third kappa shape index (κ3) is 4.48. The van der Waals surface area contributed by atoms with Crippen LogP contribution in [0.2, 0.25) is 0 Å². The van der Waals surface area contributed by atoms with E-state index in [1.807, 2.05) is 12.1 Å². The largest absolute Gasteiger partial charge is 0.407 e. The van der Waals surface area contributed by atoms with Crippen molar-refractivity contribution in [3.8, 4) is 0 Å². The molecule has 130 valence electrons. The molecule has 0 aliphatic carbocycles. The van der Waals surface area contributed by atoms with Gasteiger partial charge in [-0.25, -0.2) is 0 Å². The standard InChI is InChI=1S/C17H24N4O2S/c1-13(11-22-2)14-5-9-21(10-6-14)17-20-19-16(23-17)12-24-15-3-7-18-8-4-15/h3-4,7-8,13-14H,5-6,9-12H2,1-2H3. The highest BCUT2D eigenvalue weighted by Crippen LogP contribution is 2.28. The molecule has 24 heavy (non-hydrogen) atoms. The summed E-state index contributed by atoms with van der Waals surface area (Å²) in [5, 5.41) is 8.39. The highest BCUT2D eigenvalue weighted by molar-refractivity contribution is 7.98. The Labute approximate surface area is 147 Å². The van der Waals surface area contributed by atoms with Gasteiger partial charge in [-0.1, -0.05) is 12.0 Å². The summed E-state index contributed by atoms with van der Waals surface area (Å²) in [6.07, 6.45) is 5.87. The molecule has 2 aromatic rings. The average Bonchev–Trinajstić information content (AvgIpc) is 3.10. The number of hydrogen-bond acceptors (Lipinski definition) is 7. The molecule has 0 saturated carbocycles. The summed E-state index contributed by atoms with van der Waals surface area (Å²) in [7, 11) is 1.77. The zero-order chi connectivity index (χ0) is 16.8. The van der Waals surface area contributed by atoms with Gasteiger partial charge < -0.3 is 14.1 Å². The molecular formula is C17H24N4O2S. The lowest BCUT2D eigenvalue weighted by molar-refractivity contribution is 0.119. The normalized spacial score (nSPS) is 17.2. The first-order valence-electron chi connectivity index (χ1n) is 8.35. The van der Waals surface area contributed by atoms with E-state index in [1.54, 1.807) is 31.3 Å². The van der Waals surface area contributed by atoms with Gasteiger partial charge in [0, 0.05) is 44.1 Å². The Morgan fingerprint density at radius 2 is 2.04 bits per heavy atom. The lowest BCUT2D eigenvalue weighted by Gasteiger charge is -2.33. The summed E-state index contributed by atoms with van der Waals surface area (Å²) in [4.78, 5) is 7.37. The van der Waals surface area contributed by atoms with Crippen molar-refractivity contribution in [2.75, 3.05) is 31.7 Å². The average molecular weight is 348 g/mol. The second-order valence-corrected chi connectivity index (χ2v) is 7.26. The summed E-state index contributed by atoms with van der Waals surface area (Å²) < 4.78 is 11.1. The molecule has 1 fully saturated rings. The van der Waals surface area contributed by atoms with Crippen LogP contribution in [0.1, 0.15) is 25.7 Å². The second-order valence-electron chi connectivity index (χ2n) is 6.21. The van der Waals surface area contributed by atoms with E-state index in [0.717, 1.165) is 37.4 Å². The van der Waals surface area contributed by atoms with Crippen LogP contribution < -0.4 is 4.90 Å². The highest BCUT2D eigenvalue weighted by Gasteiger charge is 2.26. The Balaban J connectivity index is 1.49. The number of pyridine rings is 1. The summed E-state index contributed by atoms with van der Waals surface area (Å²) in [5.74, 6) is 2.66. The molecule has 0 amide bonds. The fourth-order valence-corrected chi connectivity index (χ4v) is 3.79. The molecule has 1 atom stereocenters. The van der Waals surface area contributed by atoms with E-state index in [4.69, 9.17) is 9.15 Å². The summed E-state index contributed by atoms with van der Waals surface area (Å²) >= 11 is 1.67. The quantitative estimate of drug-likeness (QED) is 0.712. The topological polar surface area (TPSA) is 64.3 Å². The van der Waals surface area contributed by atoms with Crippen LogP contribution in [0.4, 0.5) is 6.01 Å². The van der Waals surface area contributed by atoms with E-state index >= 15 is 0 Å². The maximum absolute atomic E-state index is 5.83. The van der Waals surface area contributed by atoms with Gasteiger partial charge in [-0.3, -0.25) is 4.98 Å². The molecule has 0 spiro atoms. The monoisotopic (exact) mass is 348 g/mol. The van der Waals surface area contributed by atoms with Gasteiger partial charge in [-0.05, 0) is 36.8 Å². The first-order chi connectivity index (χ1) is 11.8. The SMILES string of the molecule is COCC(C)C1CCN(c2nnc(CSc3ccncc3)o2)CC1. The predicted molar refractivity (Wildman–Crippen MR) is 94.1 cm³/mol. The zero-order valence-electron chi connectivity index (χ0n) is 14.2. The maximum atomic E-state index is 5.83. The van der Waals surface area contributed by atoms with E-state index in [-0.39, 0.29) is 0 Å². The Kier molecular flexibility index (Phi) is 6.09. The number of anilines is 1. The van der Waals surface area contributed by atoms with Gasteiger partial charge in [-0.2, -0.15) is 0 Å². The number of rotatable bonds is 7. The lowest BCUT2D eigenvalue weighted by Crippen LogP contribution is -2.36. The molecule has 0 bridgehead atoms. The van der Waals surface area contributed by atoms with Crippen LogP contribution in [-0.4, -0.2) is 42.0 Å². The van der Waals surface area contributed by atoms with Crippen LogP contribution in [-0.2, 0) is 10.5 Å². The van der Waals surface area contributed by atoms with Gasteiger partial charge >= 0.3 is 6.01 Å². The first kappa shape index (κ1) is 17.2. The van der Waals surface area contributed by atoms with Crippen LogP contribution in [0.5, 0.6) is 0 Å². The van der Waals surface area contributed by atoms with Crippen molar-refractivity contribution >= 4 is 17.8 Å². The van der Waals surface area contributed by atoms with Gasteiger partial charge in [0.1, 0.15) is 0 Å². The van der Waals surface area contributed by atoms with Crippen LogP contribution in [0, 0.1) is 11.8 Å². The fraction of sp³-hybridized carbons (Fsp3) is 0.588. The van der Waals surface area contributed by atoms with Crippen molar-refractivity contribution in [3.05, 3.63) is 30.4 Å². The molecule has 0 aromatic carbocycles. The van der Waals surface area contributed by atoms with E-state index in [1.165, 1.54) is 0 Å². The van der Waals surface area contributed by atoms with Crippen LogP contribution in [0.15, 0.2) is 33.8 Å². The second kappa shape index (κ2) is 8.48. The lowest BCUT2D eigenvalue weighted by atomic mass is 9.86. The van der Waals surface area contributed by atoms with Crippen molar-refractivity contribution in [1.82, 2.24) is 15.2 Å². The summed E-state index contributed by atoms with van der Waals surface area (Å²) in [6.45, 7) is 5.04. The summed E-state index contributed by atoms with van der Waals surface area (Å²) in [5.41, 5.74) is 0. The molecule has 1 aliphatic heterocycles. The van der Waals surface area contributed by atoms with Gasteiger partial charge in [-0.15, -0.1) is 16.9 Å². The molecule has 2 aromatic heterocycles. The molecule has 7 heteroatoms. The van der Waals surface area contributed by atoms with Crippen LogP contribution in [0.25, 0.3) is 0 Å². The van der Waals surface area contributed by atoms with E-state index < -0.39 is 0 Å². The Hall–Kier alpha value is -1.60. The van der Waals surface area contributed by atoms with Crippen LogP contribution >= 0.6 is 11.8 Å². The van der Waals surface area contributed by atoms with Crippen molar-refractivity contribution in [1.29, 1.82) is 0 Å².